The molecule has 1 atom stereocenters. The number of hydrogen-bond acceptors (Lipinski definition) is 4. The lowest BCUT2D eigenvalue weighted by Crippen LogP contribution is -2.60. The van der Waals surface area contributed by atoms with Crippen LogP contribution in [0, 0.1) is 0 Å². The van der Waals surface area contributed by atoms with E-state index in [1.807, 2.05) is 12.1 Å². The highest BCUT2D eigenvalue weighted by molar-refractivity contribution is 5.97. The Hall–Kier alpha value is -1.92. The quantitative estimate of drug-likeness (QED) is 0.873. The second-order valence-electron chi connectivity index (χ2n) is 6.14. The van der Waals surface area contributed by atoms with Crippen LogP contribution in [0.4, 0.5) is 0 Å². The van der Waals surface area contributed by atoms with Gasteiger partial charge in [0.15, 0.2) is 0 Å². The smallest absolute Gasteiger partial charge is 0.254 e. The predicted octanol–water partition coefficient (Wildman–Crippen LogP) is 0.853. The van der Waals surface area contributed by atoms with Gasteiger partial charge < -0.3 is 15.4 Å². The normalized spacial score (nSPS) is 19.1. The van der Waals surface area contributed by atoms with Gasteiger partial charge in [-0.05, 0) is 31.5 Å². The Bertz CT molecular complexity index is 557. The lowest BCUT2D eigenvalue weighted by molar-refractivity contribution is -0.124. The van der Waals surface area contributed by atoms with E-state index < -0.39 is 11.9 Å². The van der Waals surface area contributed by atoms with Gasteiger partial charge in [-0.1, -0.05) is 12.1 Å². The van der Waals surface area contributed by atoms with Gasteiger partial charge in [0.25, 0.3) is 5.91 Å². The van der Waals surface area contributed by atoms with Crippen LogP contribution in [-0.4, -0.2) is 60.4 Å². The number of amides is 2. The largest absolute Gasteiger partial charge is 0.380 e. The summed E-state index contributed by atoms with van der Waals surface area (Å²) in [5.74, 6) is -0.610. The van der Waals surface area contributed by atoms with E-state index in [0.717, 1.165) is 12.1 Å². The first kappa shape index (κ1) is 17.4. The number of rotatable bonds is 5. The van der Waals surface area contributed by atoms with Crippen molar-refractivity contribution in [2.24, 2.45) is 5.73 Å². The third kappa shape index (κ3) is 4.09. The fourth-order valence-corrected chi connectivity index (χ4v) is 2.84. The summed E-state index contributed by atoms with van der Waals surface area (Å²) in [5.41, 5.74) is 7.09. The molecule has 126 valence electrons. The molecule has 0 radical (unpaired) electrons. The summed E-state index contributed by atoms with van der Waals surface area (Å²) in [6.07, 6.45) is 0. The summed E-state index contributed by atoms with van der Waals surface area (Å²) in [5, 5.41) is 0. The Kier molecular flexibility index (Phi) is 5.74. The molecule has 1 fully saturated rings. The number of primary amides is 1. The molecule has 2 amide bonds. The highest BCUT2D eigenvalue weighted by Gasteiger charge is 2.35. The lowest BCUT2D eigenvalue weighted by Gasteiger charge is -2.41. The molecule has 1 heterocycles. The van der Waals surface area contributed by atoms with Crippen LogP contribution >= 0.6 is 0 Å². The lowest BCUT2D eigenvalue weighted by atomic mass is 10.1. The molecule has 1 unspecified atom stereocenters. The molecule has 1 aromatic carbocycles. The summed E-state index contributed by atoms with van der Waals surface area (Å²) < 4.78 is 5.07. The van der Waals surface area contributed by atoms with Crippen LogP contribution in [0.25, 0.3) is 0 Å². The maximum atomic E-state index is 12.7. The minimum atomic E-state index is -0.586. The number of benzene rings is 1. The summed E-state index contributed by atoms with van der Waals surface area (Å²) in [7, 11) is 1.63. The first-order chi connectivity index (χ1) is 10.9. The molecule has 2 N–H and O–H groups in total. The van der Waals surface area contributed by atoms with Gasteiger partial charge in [-0.25, -0.2) is 0 Å². The molecule has 1 aromatic rings. The highest BCUT2D eigenvalue weighted by Crippen LogP contribution is 2.17. The number of carbonyl (C=O) groups is 2. The first-order valence-corrected chi connectivity index (χ1v) is 7.86. The van der Waals surface area contributed by atoms with E-state index >= 15 is 0 Å². The Labute approximate surface area is 137 Å². The number of piperazine rings is 1. The van der Waals surface area contributed by atoms with Gasteiger partial charge in [-0.15, -0.1) is 0 Å². The van der Waals surface area contributed by atoms with Crippen LogP contribution in [0.15, 0.2) is 24.3 Å². The average molecular weight is 319 g/mol. The second kappa shape index (κ2) is 7.57. The standard InChI is InChI=1S/C17H25N3O3/c1-12(2)19-8-9-20(15(10-19)16(18)21)17(22)14-6-4-13(5-7-14)11-23-3/h4-7,12,15H,8-11H2,1-3H3,(H2,18,21). The SMILES string of the molecule is COCc1ccc(C(=O)N2CCN(C(C)C)CC2C(N)=O)cc1. The molecular formula is C17H25N3O3. The van der Waals surface area contributed by atoms with Crippen LogP contribution in [-0.2, 0) is 16.1 Å². The molecule has 1 aliphatic rings. The number of nitrogens with zero attached hydrogens (tertiary/aromatic N) is 2. The zero-order valence-electron chi connectivity index (χ0n) is 14.0. The van der Waals surface area contributed by atoms with Crippen molar-refractivity contribution in [2.45, 2.75) is 32.5 Å². The Morgan fingerprint density at radius 3 is 2.43 bits per heavy atom. The van der Waals surface area contributed by atoms with Crippen molar-refractivity contribution in [3.63, 3.8) is 0 Å². The van der Waals surface area contributed by atoms with E-state index in [-0.39, 0.29) is 5.91 Å². The van der Waals surface area contributed by atoms with E-state index in [9.17, 15) is 9.59 Å². The van der Waals surface area contributed by atoms with Gasteiger partial charge in [-0.2, -0.15) is 0 Å². The van der Waals surface area contributed by atoms with E-state index in [1.165, 1.54) is 0 Å². The zero-order valence-corrected chi connectivity index (χ0v) is 14.0. The molecule has 0 spiro atoms. The third-order valence-electron chi connectivity index (χ3n) is 4.24. The van der Waals surface area contributed by atoms with Crippen molar-refractivity contribution in [1.82, 2.24) is 9.80 Å². The first-order valence-electron chi connectivity index (χ1n) is 7.86. The van der Waals surface area contributed by atoms with Gasteiger partial charge in [0.05, 0.1) is 6.61 Å². The maximum absolute atomic E-state index is 12.7. The van der Waals surface area contributed by atoms with E-state index in [4.69, 9.17) is 10.5 Å². The van der Waals surface area contributed by atoms with Gasteiger partial charge in [0.2, 0.25) is 5.91 Å². The van der Waals surface area contributed by atoms with Crippen LogP contribution < -0.4 is 5.73 Å². The van der Waals surface area contributed by atoms with Crippen molar-refractivity contribution >= 4 is 11.8 Å². The summed E-state index contributed by atoms with van der Waals surface area (Å²) >= 11 is 0. The topological polar surface area (TPSA) is 75.9 Å². The van der Waals surface area contributed by atoms with Gasteiger partial charge in [0, 0.05) is 38.3 Å². The molecule has 0 aliphatic carbocycles. The Morgan fingerprint density at radius 2 is 1.91 bits per heavy atom. The average Bonchev–Trinajstić information content (AvgIpc) is 2.54. The van der Waals surface area contributed by atoms with Crippen molar-refractivity contribution < 1.29 is 14.3 Å². The van der Waals surface area contributed by atoms with Crippen LogP contribution in [0.5, 0.6) is 0 Å². The minimum absolute atomic E-state index is 0.152. The maximum Gasteiger partial charge on any atom is 0.254 e. The fraction of sp³-hybridized carbons (Fsp3) is 0.529. The second-order valence-corrected chi connectivity index (χ2v) is 6.14. The molecule has 0 bridgehead atoms. The fourth-order valence-electron chi connectivity index (χ4n) is 2.84. The van der Waals surface area contributed by atoms with E-state index in [0.29, 0.717) is 31.3 Å². The molecule has 0 aromatic heterocycles. The number of methoxy groups -OCH3 is 1. The van der Waals surface area contributed by atoms with Crippen LogP contribution in [0.2, 0.25) is 0 Å². The van der Waals surface area contributed by atoms with Gasteiger partial charge in [-0.3, -0.25) is 14.5 Å². The predicted molar refractivity (Wildman–Crippen MR) is 87.9 cm³/mol. The van der Waals surface area contributed by atoms with E-state index in [1.54, 1.807) is 24.1 Å². The molecule has 6 nitrogen and oxygen atoms in total. The third-order valence-corrected chi connectivity index (χ3v) is 4.24. The zero-order chi connectivity index (χ0) is 17.0. The van der Waals surface area contributed by atoms with Crippen LogP contribution in [0.3, 0.4) is 0 Å². The highest BCUT2D eigenvalue weighted by atomic mass is 16.5. The van der Waals surface area contributed by atoms with Gasteiger partial charge in [0.1, 0.15) is 6.04 Å². The molecule has 1 aliphatic heterocycles. The molecule has 0 saturated carbocycles. The Balaban J connectivity index is 2.15. The number of nitrogens with two attached hydrogens (primary N) is 1. The molecule has 2 rings (SSSR count). The molecular weight excluding hydrogens is 294 g/mol. The minimum Gasteiger partial charge on any atom is -0.380 e. The molecule has 1 saturated heterocycles. The van der Waals surface area contributed by atoms with Crippen molar-refractivity contribution in [2.75, 3.05) is 26.7 Å². The monoisotopic (exact) mass is 319 g/mol. The number of hydrogen-bond donors (Lipinski definition) is 1. The Morgan fingerprint density at radius 1 is 1.26 bits per heavy atom. The molecule has 6 heteroatoms. The van der Waals surface area contributed by atoms with Crippen molar-refractivity contribution in [3.8, 4) is 0 Å². The summed E-state index contributed by atoms with van der Waals surface area (Å²) in [6.45, 7) is 6.39. The molecule has 23 heavy (non-hydrogen) atoms. The number of ether oxygens (including phenoxy) is 1. The summed E-state index contributed by atoms with van der Waals surface area (Å²) in [6, 6.07) is 6.99. The summed E-state index contributed by atoms with van der Waals surface area (Å²) in [4.78, 5) is 28.3. The van der Waals surface area contributed by atoms with E-state index in [2.05, 4.69) is 18.7 Å². The van der Waals surface area contributed by atoms with Crippen molar-refractivity contribution in [1.29, 1.82) is 0 Å². The number of carbonyl (C=O) groups excluding carboxylic acids is 2. The van der Waals surface area contributed by atoms with Gasteiger partial charge >= 0.3 is 0 Å². The van der Waals surface area contributed by atoms with Crippen molar-refractivity contribution in [3.05, 3.63) is 35.4 Å². The van der Waals surface area contributed by atoms with Crippen LogP contribution in [0.1, 0.15) is 29.8 Å².